The minimum absolute atomic E-state index is 0.0206. The second-order valence-electron chi connectivity index (χ2n) is 5.49. The highest BCUT2D eigenvalue weighted by molar-refractivity contribution is 5.91. The summed E-state index contributed by atoms with van der Waals surface area (Å²) in [5.41, 5.74) is 4.23. The van der Waals surface area contributed by atoms with Crippen LogP contribution in [0.2, 0.25) is 0 Å². The van der Waals surface area contributed by atoms with Gasteiger partial charge in [0, 0.05) is 0 Å². The van der Waals surface area contributed by atoms with Crippen molar-refractivity contribution >= 4 is 17.8 Å². The Morgan fingerprint density at radius 1 is 1.07 bits per heavy atom. The number of hydrogen-bond acceptors (Lipinski definition) is 6. The minimum atomic E-state index is -0.949. The fraction of sp³-hybridized carbons (Fsp3) is 0.167. The topological polar surface area (TPSA) is 103 Å². The predicted octanol–water partition coefficient (Wildman–Crippen LogP) is 0.970. The number of nitrogens with one attached hydrogen (secondary N) is 2. The summed E-state index contributed by atoms with van der Waals surface area (Å²) >= 11 is 0. The van der Waals surface area contributed by atoms with Gasteiger partial charge >= 0.3 is 5.97 Å². The molecule has 2 aromatic rings. The maximum absolute atomic E-state index is 13.0. The number of benzene rings is 2. The van der Waals surface area contributed by atoms with Gasteiger partial charge in [-0.2, -0.15) is 0 Å². The predicted molar refractivity (Wildman–Crippen MR) is 89.3 cm³/mol. The van der Waals surface area contributed by atoms with Crippen LogP contribution in [0.4, 0.5) is 4.39 Å². The summed E-state index contributed by atoms with van der Waals surface area (Å²) in [4.78, 5) is 35.4. The van der Waals surface area contributed by atoms with E-state index in [1.54, 1.807) is 24.3 Å². The van der Waals surface area contributed by atoms with Crippen LogP contribution in [-0.2, 0) is 14.3 Å². The molecule has 140 valence electrons. The Bertz CT molecular complexity index is 872. The van der Waals surface area contributed by atoms with E-state index >= 15 is 0 Å². The highest BCUT2D eigenvalue weighted by atomic mass is 19.1. The molecule has 0 radical (unpaired) electrons. The zero-order chi connectivity index (χ0) is 19.2. The number of carbonyl (C=O) groups excluding carboxylic acids is 3. The first-order valence-corrected chi connectivity index (χ1v) is 7.93. The lowest BCUT2D eigenvalue weighted by molar-refractivity contribution is -0.135. The number of hydrazine groups is 1. The molecule has 1 aliphatic rings. The average Bonchev–Trinajstić information content (AvgIpc) is 2.69. The molecule has 0 aliphatic carbocycles. The van der Waals surface area contributed by atoms with Crippen molar-refractivity contribution in [3.05, 3.63) is 59.9 Å². The number of carbonyl (C=O) groups is 3. The Hall–Kier alpha value is -3.62. The van der Waals surface area contributed by atoms with Gasteiger partial charge in [-0.1, -0.05) is 18.2 Å². The van der Waals surface area contributed by atoms with Crippen molar-refractivity contribution in [3.63, 3.8) is 0 Å². The van der Waals surface area contributed by atoms with Gasteiger partial charge in [0.1, 0.15) is 12.4 Å². The number of halogens is 1. The largest absolute Gasteiger partial charge is 0.485 e. The number of hydrogen-bond donors (Lipinski definition) is 2. The van der Waals surface area contributed by atoms with E-state index < -0.39 is 36.3 Å². The number of fused-ring (bicyclic) bond motifs is 1. The van der Waals surface area contributed by atoms with E-state index in [0.717, 1.165) is 6.07 Å². The summed E-state index contributed by atoms with van der Waals surface area (Å²) in [6.45, 7) is -0.673. The van der Waals surface area contributed by atoms with Crippen molar-refractivity contribution in [1.29, 1.82) is 0 Å². The molecule has 3 rings (SSSR count). The molecule has 27 heavy (non-hydrogen) atoms. The third-order valence-corrected chi connectivity index (χ3v) is 3.52. The van der Waals surface area contributed by atoms with Crippen molar-refractivity contribution in [3.8, 4) is 11.5 Å². The van der Waals surface area contributed by atoms with Crippen LogP contribution in [0.5, 0.6) is 11.5 Å². The van der Waals surface area contributed by atoms with Crippen LogP contribution in [0, 0.1) is 5.82 Å². The van der Waals surface area contributed by atoms with Crippen molar-refractivity contribution in [1.82, 2.24) is 10.9 Å². The molecule has 0 saturated carbocycles. The van der Waals surface area contributed by atoms with Gasteiger partial charge in [0.15, 0.2) is 18.1 Å². The molecule has 1 heterocycles. The van der Waals surface area contributed by atoms with Gasteiger partial charge in [0.25, 0.3) is 11.8 Å². The summed E-state index contributed by atoms with van der Waals surface area (Å²) in [6.07, 6.45) is -0.949. The second-order valence-corrected chi connectivity index (χ2v) is 5.49. The molecule has 1 aliphatic heterocycles. The van der Waals surface area contributed by atoms with Crippen molar-refractivity contribution < 1.29 is 33.0 Å². The molecule has 2 aromatic carbocycles. The Labute approximate surface area is 153 Å². The van der Waals surface area contributed by atoms with Crippen LogP contribution in [0.1, 0.15) is 10.4 Å². The first kappa shape index (κ1) is 18.2. The van der Waals surface area contributed by atoms with Gasteiger partial charge < -0.3 is 14.2 Å². The molecule has 0 aromatic heterocycles. The van der Waals surface area contributed by atoms with Crippen molar-refractivity contribution in [2.24, 2.45) is 0 Å². The van der Waals surface area contributed by atoms with E-state index in [1.807, 2.05) is 0 Å². The molecule has 0 saturated heterocycles. The quantitative estimate of drug-likeness (QED) is 0.611. The number of rotatable bonds is 4. The average molecular weight is 374 g/mol. The van der Waals surface area contributed by atoms with Crippen LogP contribution in [-0.4, -0.2) is 37.1 Å². The Balaban J connectivity index is 1.43. The number of para-hydroxylation sites is 2. The van der Waals surface area contributed by atoms with Gasteiger partial charge in [-0.3, -0.25) is 20.4 Å². The lowest BCUT2D eigenvalue weighted by atomic mass is 10.2. The van der Waals surface area contributed by atoms with Crippen LogP contribution in [0.15, 0.2) is 48.5 Å². The molecule has 8 nitrogen and oxygen atoms in total. The minimum Gasteiger partial charge on any atom is -0.485 e. The monoisotopic (exact) mass is 374 g/mol. The van der Waals surface area contributed by atoms with Gasteiger partial charge in [-0.25, -0.2) is 9.18 Å². The van der Waals surface area contributed by atoms with Gasteiger partial charge in [0.2, 0.25) is 6.10 Å². The van der Waals surface area contributed by atoms with Gasteiger partial charge in [-0.15, -0.1) is 0 Å². The Morgan fingerprint density at radius 2 is 1.85 bits per heavy atom. The third-order valence-electron chi connectivity index (χ3n) is 3.52. The molecule has 2 N–H and O–H groups in total. The Kier molecular flexibility index (Phi) is 5.50. The van der Waals surface area contributed by atoms with Gasteiger partial charge in [-0.05, 0) is 30.3 Å². The highest BCUT2D eigenvalue weighted by Crippen LogP contribution is 2.30. The third kappa shape index (κ3) is 4.72. The van der Waals surface area contributed by atoms with E-state index in [2.05, 4.69) is 10.9 Å². The molecule has 0 bridgehead atoms. The highest BCUT2D eigenvalue weighted by Gasteiger charge is 2.27. The van der Waals surface area contributed by atoms with E-state index in [1.165, 1.54) is 18.2 Å². The number of amides is 2. The molecule has 1 atom stereocenters. The zero-order valence-electron chi connectivity index (χ0n) is 13.9. The van der Waals surface area contributed by atoms with Crippen LogP contribution < -0.4 is 20.3 Å². The van der Waals surface area contributed by atoms with E-state index in [0.29, 0.717) is 11.5 Å². The summed E-state index contributed by atoms with van der Waals surface area (Å²) < 4.78 is 28.7. The molecule has 0 fully saturated rings. The maximum atomic E-state index is 13.0. The fourth-order valence-corrected chi connectivity index (χ4v) is 2.23. The molecule has 0 unspecified atom stereocenters. The van der Waals surface area contributed by atoms with E-state index in [9.17, 15) is 18.8 Å². The summed E-state index contributed by atoms with van der Waals surface area (Å²) in [7, 11) is 0. The van der Waals surface area contributed by atoms with Crippen LogP contribution >= 0.6 is 0 Å². The SMILES string of the molecule is O=C(COC(=O)c1cccc(F)c1)NNC(=O)[C@@H]1COc2ccccc2O1. The molecular weight excluding hydrogens is 359 g/mol. The first-order chi connectivity index (χ1) is 13.0. The summed E-state index contributed by atoms with van der Waals surface area (Å²) in [5.74, 6) is -1.93. The molecular formula is C18H15FN2O6. The lowest BCUT2D eigenvalue weighted by Gasteiger charge is -2.25. The van der Waals surface area contributed by atoms with Crippen molar-refractivity contribution in [2.45, 2.75) is 6.10 Å². The smallest absolute Gasteiger partial charge is 0.338 e. The number of esters is 1. The molecule has 0 spiro atoms. The van der Waals surface area contributed by atoms with E-state index in [-0.39, 0.29) is 12.2 Å². The van der Waals surface area contributed by atoms with Crippen LogP contribution in [0.25, 0.3) is 0 Å². The van der Waals surface area contributed by atoms with Crippen molar-refractivity contribution in [2.75, 3.05) is 13.2 Å². The normalized spacial score (nSPS) is 14.8. The van der Waals surface area contributed by atoms with Gasteiger partial charge in [0.05, 0.1) is 5.56 Å². The second kappa shape index (κ2) is 8.17. The zero-order valence-corrected chi connectivity index (χ0v) is 13.9. The lowest BCUT2D eigenvalue weighted by Crippen LogP contribution is -2.51. The first-order valence-electron chi connectivity index (χ1n) is 7.93. The summed E-state index contributed by atoms with van der Waals surface area (Å²) in [6, 6.07) is 11.7. The van der Waals surface area contributed by atoms with E-state index in [4.69, 9.17) is 14.2 Å². The summed E-state index contributed by atoms with van der Waals surface area (Å²) in [5, 5.41) is 0. The molecule has 2 amide bonds. The number of ether oxygens (including phenoxy) is 3. The Morgan fingerprint density at radius 3 is 2.63 bits per heavy atom. The maximum Gasteiger partial charge on any atom is 0.338 e. The standard InChI is InChI=1S/C18H15FN2O6/c19-12-5-3-4-11(8-12)18(24)26-10-16(22)20-21-17(23)15-9-25-13-6-1-2-7-14(13)27-15/h1-8,15H,9-10H2,(H,20,22)(H,21,23)/t15-/m0/s1. The molecule has 9 heteroatoms. The van der Waals surface area contributed by atoms with Crippen LogP contribution in [0.3, 0.4) is 0 Å². The fourth-order valence-electron chi connectivity index (χ4n) is 2.23.